The second-order valence-electron chi connectivity index (χ2n) is 4.61. The van der Waals surface area contributed by atoms with Crippen LogP contribution < -0.4 is 5.32 Å². The first-order valence-corrected chi connectivity index (χ1v) is 6.15. The number of aromatic nitrogens is 2. The van der Waals surface area contributed by atoms with Crippen LogP contribution in [0, 0.1) is 18.6 Å². The van der Waals surface area contributed by atoms with Gasteiger partial charge in [-0.2, -0.15) is 5.10 Å². The van der Waals surface area contributed by atoms with Crippen molar-refractivity contribution in [3.05, 3.63) is 52.9 Å². The summed E-state index contributed by atoms with van der Waals surface area (Å²) in [5, 5.41) is 6.72. The number of halogens is 2. The zero-order valence-electron chi connectivity index (χ0n) is 11.4. The van der Waals surface area contributed by atoms with Crippen molar-refractivity contribution in [3.8, 4) is 0 Å². The minimum atomic E-state index is -1.14. The highest BCUT2D eigenvalue weighted by Gasteiger charge is 2.19. The minimum absolute atomic E-state index is 0.307. The van der Waals surface area contributed by atoms with Gasteiger partial charge in [0.1, 0.15) is 0 Å². The highest BCUT2D eigenvalue weighted by atomic mass is 19.2. The van der Waals surface area contributed by atoms with E-state index in [1.807, 2.05) is 6.92 Å². The zero-order chi connectivity index (χ0) is 14.9. The molecule has 0 aliphatic rings. The van der Waals surface area contributed by atoms with Crippen LogP contribution >= 0.6 is 0 Å². The van der Waals surface area contributed by atoms with E-state index in [0.29, 0.717) is 0 Å². The van der Waals surface area contributed by atoms with Crippen molar-refractivity contribution in [2.45, 2.75) is 19.9 Å². The van der Waals surface area contributed by atoms with Crippen LogP contribution in [-0.4, -0.2) is 15.7 Å². The Balaban J connectivity index is 2.19. The van der Waals surface area contributed by atoms with Gasteiger partial charge in [-0.1, -0.05) is 6.07 Å². The standard InChI is InChI=1S/C14H15F2N3O/c1-8(11-7-17-19(3)9(11)2)18-14(20)10-5-4-6-12(15)13(10)16/h4-8H,1-3H3,(H,18,20). The highest BCUT2D eigenvalue weighted by molar-refractivity contribution is 5.94. The summed E-state index contributed by atoms with van der Waals surface area (Å²) in [5.41, 5.74) is 1.42. The Hall–Kier alpha value is -2.24. The maximum absolute atomic E-state index is 13.5. The van der Waals surface area contributed by atoms with E-state index in [4.69, 9.17) is 0 Å². The molecule has 20 heavy (non-hydrogen) atoms. The molecule has 0 fully saturated rings. The van der Waals surface area contributed by atoms with Gasteiger partial charge in [0.05, 0.1) is 17.8 Å². The fourth-order valence-electron chi connectivity index (χ4n) is 1.97. The van der Waals surface area contributed by atoms with Crippen molar-refractivity contribution in [2.75, 3.05) is 0 Å². The first kappa shape index (κ1) is 14.2. The summed E-state index contributed by atoms with van der Waals surface area (Å²) in [4.78, 5) is 12.0. The third-order valence-electron chi connectivity index (χ3n) is 3.28. The number of carbonyl (C=O) groups is 1. The van der Waals surface area contributed by atoms with Gasteiger partial charge in [0.15, 0.2) is 11.6 Å². The lowest BCUT2D eigenvalue weighted by Crippen LogP contribution is -2.28. The van der Waals surface area contributed by atoms with Gasteiger partial charge in [-0.15, -0.1) is 0 Å². The third kappa shape index (κ3) is 2.54. The van der Waals surface area contributed by atoms with Crippen LogP contribution in [0.15, 0.2) is 24.4 Å². The van der Waals surface area contributed by atoms with Gasteiger partial charge in [-0.05, 0) is 26.0 Å². The summed E-state index contributed by atoms with van der Waals surface area (Å²) >= 11 is 0. The van der Waals surface area contributed by atoms with Gasteiger partial charge in [-0.3, -0.25) is 9.48 Å². The second kappa shape index (κ2) is 5.40. The lowest BCUT2D eigenvalue weighted by molar-refractivity contribution is 0.0934. The molecule has 0 aliphatic heterocycles. The Labute approximate surface area is 115 Å². The predicted octanol–water partition coefficient (Wildman–Crippen LogP) is 2.50. The molecule has 1 heterocycles. The summed E-state index contributed by atoms with van der Waals surface area (Å²) in [6.07, 6.45) is 1.64. The molecule has 1 aromatic heterocycles. The quantitative estimate of drug-likeness (QED) is 0.938. The van der Waals surface area contributed by atoms with Gasteiger partial charge >= 0.3 is 0 Å². The molecule has 1 unspecified atom stereocenters. The lowest BCUT2D eigenvalue weighted by atomic mass is 10.1. The smallest absolute Gasteiger partial charge is 0.254 e. The SMILES string of the molecule is Cc1c(C(C)NC(=O)c2cccc(F)c2F)cnn1C. The Morgan fingerprint density at radius 2 is 2.10 bits per heavy atom. The van der Waals surface area contributed by atoms with Gasteiger partial charge in [-0.25, -0.2) is 8.78 Å². The van der Waals surface area contributed by atoms with E-state index < -0.39 is 17.5 Å². The van der Waals surface area contributed by atoms with E-state index in [1.54, 1.807) is 24.9 Å². The molecular weight excluding hydrogens is 264 g/mol. The van der Waals surface area contributed by atoms with E-state index in [2.05, 4.69) is 10.4 Å². The first-order valence-electron chi connectivity index (χ1n) is 6.15. The average molecular weight is 279 g/mol. The van der Waals surface area contributed by atoms with Gasteiger partial charge in [0, 0.05) is 18.3 Å². The van der Waals surface area contributed by atoms with Crippen molar-refractivity contribution in [1.29, 1.82) is 0 Å². The van der Waals surface area contributed by atoms with E-state index in [1.165, 1.54) is 12.1 Å². The topological polar surface area (TPSA) is 46.9 Å². The van der Waals surface area contributed by atoms with Crippen LogP contribution in [0.25, 0.3) is 0 Å². The summed E-state index contributed by atoms with van der Waals surface area (Å²) in [7, 11) is 1.79. The molecule has 6 heteroatoms. The lowest BCUT2D eigenvalue weighted by Gasteiger charge is -2.14. The molecule has 0 aliphatic carbocycles. The predicted molar refractivity (Wildman–Crippen MR) is 70.2 cm³/mol. The van der Waals surface area contributed by atoms with Crippen molar-refractivity contribution in [3.63, 3.8) is 0 Å². The van der Waals surface area contributed by atoms with E-state index in [9.17, 15) is 13.6 Å². The maximum Gasteiger partial charge on any atom is 0.254 e. The van der Waals surface area contributed by atoms with Gasteiger partial charge < -0.3 is 5.32 Å². The number of aryl methyl sites for hydroxylation is 1. The summed E-state index contributed by atoms with van der Waals surface area (Å²) < 4.78 is 28.3. The summed E-state index contributed by atoms with van der Waals surface area (Å²) in [5.74, 6) is -2.83. The normalized spacial score (nSPS) is 12.2. The number of amides is 1. The Morgan fingerprint density at radius 3 is 2.70 bits per heavy atom. The van der Waals surface area contributed by atoms with E-state index in [0.717, 1.165) is 17.3 Å². The van der Waals surface area contributed by atoms with Crippen molar-refractivity contribution in [1.82, 2.24) is 15.1 Å². The van der Waals surface area contributed by atoms with Crippen LogP contribution in [0.1, 0.15) is 34.6 Å². The monoisotopic (exact) mass is 279 g/mol. The molecule has 0 radical (unpaired) electrons. The van der Waals surface area contributed by atoms with Crippen LogP contribution in [0.3, 0.4) is 0 Å². The molecule has 1 aromatic carbocycles. The molecule has 1 atom stereocenters. The Kier molecular flexibility index (Phi) is 3.83. The Morgan fingerprint density at radius 1 is 1.40 bits per heavy atom. The summed E-state index contributed by atoms with van der Waals surface area (Å²) in [6, 6.07) is 3.17. The van der Waals surface area contributed by atoms with Crippen LogP contribution in [-0.2, 0) is 7.05 Å². The molecule has 1 amide bonds. The number of hydrogen-bond donors (Lipinski definition) is 1. The number of benzene rings is 1. The van der Waals surface area contributed by atoms with Gasteiger partial charge in [0.2, 0.25) is 0 Å². The molecule has 0 spiro atoms. The molecule has 2 aromatic rings. The molecule has 0 bridgehead atoms. The highest BCUT2D eigenvalue weighted by Crippen LogP contribution is 2.18. The molecule has 0 saturated heterocycles. The number of rotatable bonds is 3. The van der Waals surface area contributed by atoms with Crippen LogP contribution in [0.2, 0.25) is 0 Å². The zero-order valence-corrected chi connectivity index (χ0v) is 11.4. The van der Waals surface area contributed by atoms with E-state index >= 15 is 0 Å². The van der Waals surface area contributed by atoms with Crippen LogP contribution in [0.5, 0.6) is 0 Å². The Bertz CT molecular complexity index is 652. The number of nitrogens with zero attached hydrogens (tertiary/aromatic N) is 2. The van der Waals surface area contributed by atoms with Crippen molar-refractivity contribution >= 4 is 5.91 Å². The third-order valence-corrected chi connectivity index (χ3v) is 3.28. The van der Waals surface area contributed by atoms with E-state index in [-0.39, 0.29) is 11.6 Å². The first-order chi connectivity index (χ1) is 9.41. The number of carbonyl (C=O) groups excluding carboxylic acids is 1. The molecule has 1 N–H and O–H groups in total. The molecule has 4 nitrogen and oxygen atoms in total. The molecular formula is C14H15F2N3O. The molecule has 106 valence electrons. The van der Waals surface area contributed by atoms with Gasteiger partial charge in [0.25, 0.3) is 5.91 Å². The fourth-order valence-corrected chi connectivity index (χ4v) is 1.97. The fraction of sp³-hybridized carbons (Fsp3) is 0.286. The minimum Gasteiger partial charge on any atom is -0.345 e. The average Bonchev–Trinajstić information content (AvgIpc) is 2.73. The largest absolute Gasteiger partial charge is 0.345 e. The van der Waals surface area contributed by atoms with Crippen molar-refractivity contribution < 1.29 is 13.6 Å². The number of hydrogen-bond acceptors (Lipinski definition) is 2. The number of nitrogens with one attached hydrogen (secondary N) is 1. The molecule has 0 saturated carbocycles. The van der Waals surface area contributed by atoms with Crippen molar-refractivity contribution in [2.24, 2.45) is 7.05 Å². The summed E-state index contributed by atoms with van der Waals surface area (Å²) in [6.45, 7) is 3.63. The van der Waals surface area contributed by atoms with Crippen LogP contribution in [0.4, 0.5) is 8.78 Å². The second-order valence-corrected chi connectivity index (χ2v) is 4.61. The molecule has 2 rings (SSSR count). The maximum atomic E-state index is 13.5.